The Morgan fingerprint density at radius 1 is 0.933 bits per heavy atom. The van der Waals surface area contributed by atoms with Crippen LogP contribution in [0.4, 0.5) is 4.79 Å². The summed E-state index contributed by atoms with van der Waals surface area (Å²) >= 11 is 0. The molecule has 45 heavy (non-hydrogen) atoms. The molecular weight excluding hydrogens is 570 g/mol. The molecule has 2 aromatic rings. The highest BCUT2D eigenvalue weighted by Crippen LogP contribution is 2.30. The zero-order valence-electron chi connectivity index (χ0n) is 28.6. The normalized spacial score (nSPS) is 13.4. The van der Waals surface area contributed by atoms with Crippen molar-refractivity contribution in [3.63, 3.8) is 0 Å². The van der Waals surface area contributed by atoms with Crippen LogP contribution in [0.2, 0.25) is 0 Å². The van der Waals surface area contributed by atoms with Crippen molar-refractivity contribution in [2.24, 2.45) is 5.92 Å². The summed E-state index contributed by atoms with van der Waals surface area (Å²) in [6.45, 7) is 17.4. The lowest BCUT2D eigenvalue weighted by Crippen LogP contribution is -2.56. The van der Waals surface area contributed by atoms with E-state index in [2.05, 4.69) is 24.5 Å². The van der Waals surface area contributed by atoms with Crippen molar-refractivity contribution >= 4 is 23.9 Å². The van der Waals surface area contributed by atoms with E-state index in [-0.39, 0.29) is 32.0 Å². The van der Waals surface area contributed by atoms with Gasteiger partial charge >= 0.3 is 12.1 Å². The van der Waals surface area contributed by atoms with Gasteiger partial charge in [-0.05, 0) is 83.9 Å². The Balaban J connectivity index is 2.65. The highest BCUT2D eigenvalue weighted by molar-refractivity contribution is 5.93. The van der Waals surface area contributed by atoms with Gasteiger partial charge in [0, 0.05) is 19.0 Å². The molecule has 0 aliphatic rings. The lowest BCUT2D eigenvalue weighted by Gasteiger charge is -2.39. The summed E-state index contributed by atoms with van der Waals surface area (Å²) in [5, 5.41) is 5.71. The zero-order valence-corrected chi connectivity index (χ0v) is 28.6. The van der Waals surface area contributed by atoms with Crippen LogP contribution < -0.4 is 10.6 Å². The first-order valence-electron chi connectivity index (χ1n) is 16.0. The lowest BCUT2D eigenvalue weighted by atomic mass is 9.93. The molecule has 0 radical (unpaired) electrons. The third-order valence-corrected chi connectivity index (χ3v) is 7.35. The molecule has 0 heterocycles. The summed E-state index contributed by atoms with van der Waals surface area (Å²) in [5.41, 5.74) is 2.55. The van der Waals surface area contributed by atoms with Gasteiger partial charge in [0.2, 0.25) is 11.8 Å². The van der Waals surface area contributed by atoms with Gasteiger partial charge in [0.15, 0.2) is 0 Å². The lowest BCUT2D eigenvalue weighted by molar-refractivity contribution is -0.146. The molecule has 0 saturated heterocycles. The maximum Gasteiger partial charge on any atom is 0.408 e. The van der Waals surface area contributed by atoms with Gasteiger partial charge in [-0.2, -0.15) is 0 Å². The average Bonchev–Trinajstić information content (AvgIpc) is 2.95. The number of amides is 3. The number of benzene rings is 2. The second-order valence-corrected chi connectivity index (χ2v) is 13.1. The van der Waals surface area contributed by atoms with Gasteiger partial charge in [-0.3, -0.25) is 14.4 Å². The van der Waals surface area contributed by atoms with E-state index in [9.17, 15) is 19.2 Å². The van der Waals surface area contributed by atoms with Gasteiger partial charge in [0.25, 0.3) is 0 Å². The fourth-order valence-corrected chi connectivity index (χ4v) is 5.08. The van der Waals surface area contributed by atoms with Crippen molar-refractivity contribution < 1.29 is 28.7 Å². The topological polar surface area (TPSA) is 114 Å². The molecule has 0 aromatic heterocycles. The van der Waals surface area contributed by atoms with Crippen LogP contribution in [0, 0.1) is 19.8 Å². The summed E-state index contributed by atoms with van der Waals surface area (Å²) < 4.78 is 10.6. The number of carbonyl (C=O) groups excluding carboxylic acids is 4. The van der Waals surface area contributed by atoms with E-state index in [1.54, 1.807) is 32.6 Å². The average molecular weight is 624 g/mol. The summed E-state index contributed by atoms with van der Waals surface area (Å²) in [7, 11) is 0. The van der Waals surface area contributed by atoms with Crippen molar-refractivity contribution in [1.82, 2.24) is 15.5 Å². The maximum atomic E-state index is 14.8. The van der Waals surface area contributed by atoms with Crippen LogP contribution in [0.3, 0.4) is 0 Å². The zero-order chi connectivity index (χ0) is 33.7. The first-order chi connectivity index (χ1) is 21.1. The summed E-state index contributed by atoms with van der Waals surface area (Å²) in [6, 6.07) is 12.9. The van der Waals surface area contributed by atoms with Gasteiger partial charge in [0.1, 0.15) is 17.7 Å². The van der Waals surface area contributed by atoms with Crippen molar-refractivity contribution in [1.29, 1.82) is 0 Å². The standard InChI is InChI=1S/C36H53N3O6/c1-10-44-31(40)20-21-37-33(41)32(29-22-25(4)17-18-26(29)5)39(27(6)19-16-24(2)3)34(42)30(23-28-14-12-11-13-15-28)38-35(43)45-36(7,8)9/h11-15,17-18,22,24,27,30,32H,10,16,19-21,23H2,1-9H3,(H,37,41)(H,38,43). The molecular formula is C36H53N3O6. The first-order valence-corrected chi connectivity index (χ1v) is 16.0. The molecule has 3 amide bonds. The third kappa shape index (κ3) is 12.6. The van der Waals surface area contributed by atoms with E-state index in [0.717, 1.165) is 23.1 Å². The quantitative estimate of drug-likeness (QED) is 0.228. The molecule has 0 spiro atoms. The smallest absolute Gasteiger partial charge is 0.408 e. The first kappa shape index (κ1) is 37.3. The number of alkyl carbamates (subject to hydrolysis) is 1. The molecule has 9 nitrogen and oxygen atoms in total. The van der Waals surface area contributed by atoms with E-state index in [4.69, 9.17) is 9.47 Å². The Kier molecular flexibility index (Phi) is 14.6. The van der Waals surface area contributed by atoms with Crippen LogP contribution in [0.5, 0.6) is 0 Å². The van der Waals surface area contributed by atoms with Crippen LogP contribution in [-0.2, 0) is 30.3 Å². The van der Waals surface area contributed by atoms with Gasteiger partial charge in [-0.15, -0.1) is 0 Å². The Hall–Kier alpha value is -3.88. The van der Waals surface area contributed by atoms with E-state index in [1.807, 2.05) is 69.3 Å². The Bertz CT molecular complexity index is 1270. The van der Waals surface area contributed by atoms with E-state index in [0.29, 0.717) is 17.9 Å². The molecule has 2 N–H and O–H groups in total. The number of hydrogen-bond acceptors (Lipinski definition) is 6. The summed E-state index contributed by atoms with van der Waals surface area (Å²) in [4.78, 5) is 55.7. The number of aryl methyl sites for hydroxylation is 2. The van der Waals surface area contributed by atoms with E-state index < -0.39 is 41.6 Å². The fourth-order valence-electron chi connectivity index (χ4n) is 5.08. The van der Waals surface area contributed by atoms with Crippen LogP contribution in [0.25, 0.3) is 0 Å². The number of nitrogens with one attached hydrogen (secondary N) is 2. The van der Waals surface area contributed by atoms with Crippen LogP contribution >= 0.6 is 0 Å². The minimum absolute atomic E-state index is 0.00673. The molecule has 0 saturated carbocycles. The third-order valence-electron chi connectivity index (χ3n) is 7.35. The molecule has 248 valence electrons. The number of nitrogens with zero attached hydrogens (tertiary/aromatic N) is 1. The molecule has 2 rings (SSSR count). The van der Waals surface area contributed by atoms with Gasteiger partial charge in [-0.25, -0.2) is 4.79 Å². The van der Waals surface area contributed by atoms with Crippen molar-refractivity contribution in [3.05, 3.63) is 70.8 Å². The molecule has 2 aromatic carbocycles. The number of ether oxygens (including phenoxy) is 2. The minimum Gasteiger partial charge on any atom is -0.466 e. The molecule has 0 fully saturated rings. The SMILES string of the molecule is CCOC(=O)CCNC(=O)C(c1cc(C)ccc1C)N(C(=O)C(Cc1ccccc1)NC(=O)OC(C)(C)C)C(C)CCC(C)C. The van der Waals surface area contributed by atoms with Crippen molar-refractivity contribution in [2.45, 2.75) is 112 Å². The maximum absolute atomic E-state index is 14.8. The molecule has 0 aliphatic heterocycles. The highest BCUT2D eigenvalue weighted by atomic mass is 16.6. The number of hydrogen-bond donors (Lipinski definition) is 2. The predicted molar refractivity (Wildman–Crippen MR) is 177 cm³/mol. The van der Waals surface area contributed by atoms with Crippen LogP contribution in [-0.4, -0.2) is 59.6 Å². The fraction of sp³-hybridized carbons (Fsp3) is 0.556. The van der Waals surface area contributed by atoms with Crippen molar-refractivity contribution in [3.8, 4) is 0 Å². The molecule has 0 aliphatic carbocycles. The van der Waals surface area contributed by atoms with Gasteiger partial charge < -0.3 is 25.0 Å². The molecule has 3 unspecified atom stereocenters. The second kappa shape index (κ2) is 17.6. The van der Waals surface area contributed by atoms with E-state index >= 15 is 0 Å². The Morgan fingerprint density at radius 2 is 1.60 bits per heavy atom. The van der Waals surface area contributed by atoms with Crippen molar-refractivity contribution in [2.75, 3.05) is 13.2 Å². The molecule has 3 atom stereocenters. The monoisotopic (exact) mass is 623 g/mol. The van der Waals surface area contributed by atoms with Gasteiger partial charge in [0.05, 0.1) is 13.0 Å². The Morgan fingerprint density at radius 3 is 2.20 bits per heavy atom. The summed E-state index contributed by atoms with van der Waals surface area (Å²) in [6.07, 6.45) is 0.973. The van der Waals surface area contributed by atoms with Crippen LogP contribution in [0.1, 0.15) is 96.0 Å². The molecule has 9 heteroatoms. The molecule has 0 bridgehead atoms. The number of esters is 1. The highest BCUT2D eigenvalue weighted by Gasteiger charge is 2.39. The van der Waals surface area contributed by atoms with E-state index in [1.165, 1.54) is 0 Å². The van der Waals surface area contributed by atoms with Crippen LogP contribution in [0.15, 0.2) is 48.5 Å². The van der Waals surface area contributed by atoms with Gasteiger partial charge in [-0.1, -0.05) is 67.9 Å². The number of carbonyl (C=O) groups is 4. The Labute approximate surface area is 269 Å². The number of rotatable bonds is 15. The second-order valence-electron chi connectivity index (χ2n) is 13.1. The summed E-state index contributed by atoms with van der Waals surface area (Å²) in [5.74, 6) is -0.841. The predicted octanol–water partition coefficient (Wildman–Crippen LogP) is 6.20. The minimum atomic E-state index is -1.01. The largest absolute Gasteiger partial charge is 0.466 e.